The molecule has 0 amide bonds. The first-order valence-corrected chi connectivity index (χ1v) is 9.39. The van der Waals surface area contributed by atoms with E-state index in [1.165, 1.54) is 17.5 Å². The van der Waals surface area contributed by atoms with E-state index in [4.69, 9.17) is 4.74 Å². The van der Waals surface area contributed by atoms with E-state index in [-0.39, 0.29) is 12.0 Å². The highest BCUT2D eigenvalue weighted by Crippen LogP contribution is 2.62. The third kappa shape index (κ3) is 2.24. The molecule has 3 aliphatic carbocycles. The molecular weight excluding hydrogens is 300 g/mol. The molecule has 0 aromatic heterocycles. The Morgan fingerprint density at radius 1 is 1.29 bits per heavy atom. The number of aliphatic hydroxyl groups is 1. The van der Waals surface area contributed by atoms with Gasteiger partial charge in [-0.1, -0.05) is 13.0 Å². The normalized spacial score (nSPS) is 37.5. The summed E-state index contributed by atoms with van der Waals surface area (Å²) in [6.07, 6.45) is 5.83. The molecule has 0 spiro atoms. The van der Waals surface area contributed by atoms with Crippen molar-refractivity contribution in [2.24, 2.45) is 23.2 Å². The van der Waals surface area contributed by atoms with Crippen LogP contribution in [0.2, 0.25) is 0 Å². The van der Waals surface area contributed by atoms with E-state index in [1.807, 2.05) is 0 Å². The monoisotopic (exact) mass is 328 g/mol. The summed E-state index contributed by atoms with van der Waals surface area (Å²) in [5.41, 5.74) is 2.71. The molecule has 24 heavy (non-hydrogen) atoms. The first-order chi connectivity index (χ1) is 11.6. The number of fused-ring (bicyclic) bond motifs is 5. The van der Waals surface area contributed by atoms with Crippen molar-refractivity contribution in [2.75, 3.05) is 13.7 Å². The number of benzene rings is 1. The minimum absolute atomic E-state index is 0.148. The van der Waals surface area contributed by atoms with Crippen LogP contribution in [-0.4, -0.2) is 24.6 Å². The van der Waals surface area contributed by atoms with E-state index in [0.717, 1.165) is 37.9 Å². The Hall–Kier alpha value is -1.35. The number of rotatable bonds is 3. The number of methoxy groups -OCH3 is 1. The van der Waals surface area contributed by atoms with E-state index in [2.05, 4.69) is 25.1 Å². The van der Waals surface area contributed by atoms with Crippen molar-refractivity contribution in [1.82, 2.24) is 0 Å². The first-order valence-electron chi connectivity index (χ1n) is 9.39. The maximum Gasteiger partial charge on any atom is 0.139 e. The number of ether oxygens (including phenoxy) is 1. The molecule has 1 aromatic carbocycles. The summed E-state index contributed by atoms with van der Waals surface area (Å²) in [7, 11) is 1.72. The van der Waals surface area contributed by atoms with Crippen LogP contribution in [0.15, 0.2) is 18.2 Å². The SMILES string of the molecule is COc1ccc2c(c1)CCC1C2[C@@H](CCO)C[C@]2(C)C(=O)CCC12. The number of carbonyl (C=O) groups is 1. The highest BCUT2D eigenvalue weighted by Gasteiger charge is 2.57. The van der Waals surface area contributed by atoms with Gasteiger partial charge in [0.15, 0.2) is 0 Å². The zero-order valence-corrected chi connectivity index (χ0v) is 14.8. The molecule has 0 heterocycles. The molecule has 0 aliphatic heterocycles. The van der Waals surface area contributed by atoms with Crippen LogP contribution in [0.5, 0.6) is 5.75 Å². The van der Waals surface area contributed by atoms with Gasteiger partial charge in [-0.25, -0.2) is 0 Å². The minimum atomic E-state index is -0.148. The molecule has 0 saturated heterocycles. The summed E-state index contributed by atoms with van der Waals surface area (Å²) in [6.45, 7) is 2.42. The maximum absolute atomic E-state index is 12.6. The zero-order valence-electron chi connectivity index (χ0n) is 14.8. The lowest BCUT2D eigenvalue weighted by atomic mass is 9.51. The standard InChI is InChI=1S/C21H28O3/c1-21-12-14(9-10-22)20-16-6-4-15(24-2)11-13(16)3-5-17(20)18(21)7-8-19(21)23/h4,6,11,14,17-18,20,22H,3,5,7-10,12H2,1-2H3/t14-,17?,18?,20?,21-/m0/s1. The lowest BCUT2D eigenvalue weighted by molar-refractivity contribution is -0.131. The molecule has 3 nitrogen and oxygen atoms in total. The van der Waals surface area contributed by atoms with Gasteiger partial charge in [0.25, 0.3) is 0 Å². The summed E-state index contributed by atoms with van der Waals surface area (Å²) in [5, 5.41) is 9.62. The fourth-order valence-electron chi connectivity index (χ4n) is 6.21. The molecule has 0 bridgehead atoms. The molecule has 3 heteroatoms. The van der Waals surface area contributed by atoms with E-state index >= 15 is 0 Å². The van der Waals surface area contributed by atoms with E-state index in [0.29, 0.717) is 29.5 Å². The summed E-state index contributed by atoms with van der Waals surface area (Å²) < 4.78 is 5.41. The molecule has 3 aliphatic rings. The predicted molar refractivity (Wildman–Crippen MR) is 93.2 cm³/mol. The number of hydrogen-bond donors (Lipinski definition) is 1. The summed E-state index contributed by atoms with van der Waals surface area (Å²) in [5.74, 6) is 3.43. The van der Waals surface area contributed by atoms with Crippen LogP contribution < -0.4 is 4.74 Å². The largest absolute Gasteiger partial charge is 0.497 e. The van der Waals surface area contributed by atoms with Crippen LogP contribution in [0.3, 0.4) is 0 Å². The quantitative estimate of drug-likeness (QED) is 0.919. The van der Waals surface area contributed by atoms with Crippen molar-refractivity contribution >= 4 is 5.78 Å². The number of aliphatic hydroxyl groups excluding tert-OH is 1. The topological polar surface area (TPSA) is 46.5 Å². The van der Waals surface area contributed by atoms with Gasteiger partial charge in [0, 0.05) is 18.4 Å². The van der Waals surface area contributed by atoms with Crippen LogP contribution in [0.4, 0.5) is 0 Å². The van der Waals surface area contributed by atoms with Crippen LogP contribution in [0, 0.1) is 23.2 Å². The Bertz CT molecular complexity index is 652. The summed E-state index contributed by atoms with van der Waals surface area (Å²) in [6, 6.07) is 6.51. The van der Waals surface area contributed by atoms with Gasteiger partial charge in [-0.2, -0.15) is 0 Å². The average molecular weight is 328 g/mol. The Labute approximate surface area is 144 Å². The van der Waals surface area contributed by atoms with Gasteiger partial charge in [0.1, 0.15) is 11.5 Å². The third-order valence-electron chi connectivity index (χ3n) is 7.27. The van der Waals surface area contributed by atoms with Crippen molar-refractivity contribution in [3.8, 4) is 5.75 Å². The first kappa shape index (κ1) is 16.1. The molecule has 2 saturated carbocycles. The molecule has 2 fully saturated rings. The highest BCUT2D eigenvalue weighted by atomic mass is 16.5. The fraction of sp³-hybridized carbons (Fsp3) is 0.667. The molecule has 0 radical (unpaired) electrons. The molecule has 1 aromatic rings. The van der Waals surface area contributed by atoms with Gasteiger partial charge >= 0.3 is 0 Å². The van der Waals surface area contributed by atoms with Gasteiger partial charge in [0.2, 0.25) is 0 Å². The van der Waals surface area contributed by atoms with Gasteiger partial charge < -0.3 is 9.84 Å². The molecule has 5 atom stereocenters. The van der Waals surface area contributed by atoms with Crippen LogP contribution >= 0.6 is 0 Å². The second-order valence-electron chi connectivity index (χ2n) is 8.26. The van der Waals surface area contributed by atoms with Crippen LogP contribution in [0.1, 0.15) is 56.1 Å². The van der Waals surface area contributed by atoms with Crippen molar-refractivity contribution in [3.05, 3.63) is 29.3 Å². The van der Waals surface area contributed by atoms with E-state index in [9.17, 15) is 9.90 Å². The molecule has 4 rings (SSSR count). The Morgan fingerprint density at radius 3 is 2.88 bits per heavy atom. The summed E-state index contributed by atoms with van der Waals surface area (Å²) in [4.78, 5) is 12.6. The zero-order chi connectivity index (χ0) is 16.9. The van der Waals surface area contributed by atoms with Crippen molar-refractivity contribution in [2.45, 2.75) is 51.4 Å². The smallest absolute Gasteiger partial charge is 0.139 e. The predicted octanol–water partition coefficient (Wildman–Crippen LogP) is 3.73. The second-order valence-corrected chi connectivity index (χ2v) is 8.26. The van der Waals surface area contributed by atoms with Gasteiger partial charge in [-0.3, -0.25) is 4.79 Å². The Morgan fingerprint density at radius 2 is 2.12 bits per heavy atom. The fourth-order valence-corrected chi connectivity index (χ4v) is 6.21. The number of Topliss-reactive ketones (excluding diaryl/α,β-unsaturated/α-hetero) is 1. The number of hydrogen-bond acceptors (Lipinski definition) is 3. The van der Waals surface area contributed by atoms with Crippen molar-refractivity contribution < 1.29 is 14.6 Å². The maximum atomic E-state index is 12.6. The van der Waals surface area contributed by atoms with Crippen molar-refractivity contribution in [1.29, 1.82) is 0 Å². The van der Waals surface area contributed by atoms with Crippen molar-refractivity contribution in [3.63, 3.8) is 0 Å². The molecule has 130 valence electrons. The highest BCUT2D eigenvalue weighted by molar-refractivity contribution is 5.87. The van der Waals surface area contributed by atoms with Crippen LogP contribution in [0.25, 0.3) is 0 Å². The Kier molecular flexibility index (Phi) is 3.95. The minimum Gasteiger partial charge on any atom is -0.497 e. The van der Waals surface area contributed by atoms with Gasteiger partial charge in [0.05, 0.1) is 7.11 Å². The summed E-state index contributed by atoms with van der Waals surface area (Å²) >= 11 is 0. The average Bonchev–Trinajstić information content (AvgIpc) is 2.89. The number of carbonyl (C=O) groups excluding carboxylic acids is 1. The molecular formula is C21H28O3. The lowest BCUT2D eigenvalue weighted by Gasteiger charge is -2.52. The van der Waals surface area contributed by atoms with Crippen LogP contribution in [-0.2, 0) is 11.2 Å². The van der Waals surface area contributed by atoms with Gasteiger partial charge in [-0.05, 0) is 79.0 Å². The van der Waals surface area contributed by atoms with E-state index in [1.54, 1.807) is 7.11 Å². The molecule has 1 N–H and O–H groups in total. The van der Waals surface area contributed by atoms with E-state index < -0.39 is 0 Å². The third-order valence-corrected chi connectivity index (χ3v) is 7.27. The Balaban J connectivity index is 1.76. The van der Waals surface area contributed by atoms with Gasteiger partial charge in [-0.15, -0.1) is 0 Å². The number of aryl methyl sites for hydroxylation is 1. The molecule has 3 unspecified atom stereocenters. The lowest BCUT2D eigenvalue weighted by Crippen LogP contribution is -2.47. The second kappa shape index (κ2) is 5.87. The number of ketones is 1.